The molecule has 0 aromatic heterocycles. The maximum absolute atomic E-state index is 12.1. The standard InChI is InChI=1S/C12H18N2O5S2/c1-10-9-11(14(16)17)3-4-12(10)21(18,19)13-5-8-20-7-2-6-15/h3-4,9,13,15H,2,5-8H2,1H3. The smallest absolute Gasteiger partial charge is 0.269 e. The Hall–Kier alpha value is -1.16. The maximum Gasteiger partial charge on any atom is 0.269 e. The molecule has 0 aliphatic rings. The maximum atomic E-state index is 12.1. The molecule has 7 nitrogen and oxygen atoms in total. The Morgan fingerprint density at radius 2 is 2.10 bits per heavy atom. The molecule has 0 amide bonds. The van der Waals surface area contributed by atoms with Gasteiger partial charge in [0, 0.05) is 31.0 Å². The molecule has 0 radical (unpaired) electrons. The van der Waals surface area contributed by atoms with E-state index in [-0.39, 0.29) is 23.7 Å². The van der Waals surface area contributed by atoms with Gasteiger partial charge in [0.1, 0.15) is 0 Å². The van der Waals surface area contributed by atoms with E-state index >= 15 is 0 Å². The zero-order valence-corrected chi connectivity index (χ0v) is 13.2. The Morgan fingerprint density at radius 1 is 1.38 bits per heavy atom. The second-order valence-electron chi connectivity index (χ2n) is 4.29. The fraction of sp³-hybridized carbons (Fsp3) is 0.500. The van der Waals surface area contributed by atoms with Gasteiger partial charge in [-0.15, -0.1) is 0 Å². The molecule has 0 atom stereocenters. The van der Waals surface area contributed by atoms with Crippen LogP contribution >= 0.6 is 11.8 Å². The summed E-state index contributed by atoms with van der Waals surface area (Å²) in [6, 6.07) is 3.66. The normalized spacial score (nSPS) is 11.5. The Kier molecular flexibility index (Phi) is 7.09. The first-order chi connectivity index (χ1) is 9.88. The third-order valence-electron chi connectivity index (χ3n) is 2.64. The quantitative estimate of drug-likeness (QED) is 0.400. The molecule has 118 valence electrons. The number of aliphatic hydroxyl groups is 1. The number of nitrogens with one attached hydrogen (secondary N) is 1. The molecule has 1 aromatic carbocycles. The SMILES string of the molecule is Cc1cc([N+](=O)[O-])ccc1S(=O)(=O)NCCSCCCO. The topological polar surface area (TPSA) is 110 Å². The van der Waals surface area contributed by atoms with Crippen LogP contribution in [-0.2, 0) is 10.0 Å². The number of hydrogen-bond acceptors (Lipinski definition) is 6. The molecule has 1 aromatic rings. The first-order valence-electron chi connectivity index (χ1n) is 6.32. The van der Waals surface area contributed by atoms with Crippen LogP contribution < -0.4 is 4.72 Å². The third-order valence-corrected chi connectivity index (χ3v) is 5.34. The summed E-state index contributed by atoms with van der Waals surface area (Å²) in [5.74, 6) is 1.38. The summed E-state index contributed by atoms with van der Waals surface area (Å²) in [6.45, 7) is 1.92. The van der Waals surface area contributed by atoms with Gasteiger partial charge in [-0.25, -0.2) is 13.1 Å². The second-order valence-corrected chi connectivity index (χ2v) is 7.25. The summed E-state index contributed by atoms with van der Waals surface area (Å²) in [4.78, 5) is 10.1. The van der Waals surface area contributed by atoms with Crippen molar-refractivity contribution in [2.24, 2.45) is 0 Å². The summed E-state index contributed by atoms with van der Waals surface area (Å²) in [5.41, 5.74) is 0.204. The molecular weight excluding hydrogens is 316 g/mol. The van der Waals surface area contributed by atoms with Crippen molar-refractivity contribution in [2.75, 3.05) is 24.7 Å². The van der Waals surface area contributed by atoms with Crippen LogP contribution in [0.3, 0.4) is 0 Å². The lowest BCUT2D eigenvalue weighted by molar-refractivity contribution is -0.385. The number of non-ortho nitro benzene ring substituents is 1. The molecule has 0 saturated carbocycles. The summed E-state index contributed by atoms with van der Waals surface area (Å²) in [6.07, 6.45) is 0.679. The molecule has 21 heavy (non-hydrogen) atoms. The number of thioether (sulfide) groups is 1. The first kappa shape index (κ1) is 17.9. The lowest BCUT2D eigenvalue weighted by Crippen LogP contribution is -2.26. The van der Waals surface area contributed by atoms with Crippen molar-refractivity contribution in [1.29, 1.82) is 0 Å². The van der Waals surface area contributed by atoms with Crippen LogP contribution in [0.5, 0.6) is 0 Å². The van der Waals surface area contributed by atoms with Crippen LogP contribution in [0.15, 0.2) is 23.1 Å². The van der Waals surface area contributed by atoms with Crippen molar-refractivity contribution in [2.45, 2.75) is 18.2 Å². The van der Waals surface area contributed by atoms with Crippen LogP contribution in [0.4, 0.5) is 5.69 Å². The number of aryl methyl sites for hydroxylation is 1. The summed E-state index contributed by atoms with van der Waals surface area (Å²) in [7, 11) is -3.66. The molecule has 9 heteroatoms. The Morgan fingerprint density at radius 3 is 2.67 bits per heavy atom. The van der Waals surface area contributed by atoms with Gasteiger partial charge in [0.25, 0.3) is 5.69 Å². The van der Waals surface area contributed by atoms with Gasteiger partial charge in [-0.05, 0) is 30.7 Å². The van der Waals surface area contributed by atoms with E-state index in [2.05, 4.69) is 4.72 Å². The van der Waals surface area contributed by atoms with E-state index in [4.69, 9.17) is 5.11 Å². The van der Waals surface area contributed by atoms with Gasteiger partial charge in [0.15, 0.2) is 0 Å². The number of nitro benzene ring substituents is 1. The van der Waals surface area contributed by atoms with Gasteiger partial charge in [-0.2, -0.15) is 11.8 Å². The molecule has 0 spiro atoms. The van der Waals surface area contributed by atoms with Crippen molar-refractivity contribution in [3.63, 3.8) is 0 Å². The van der Waals surface area contributed by atoms with Crippen molar-refractivity contribution in [3.8, 4) is 0 Å². The molecule has 0 unspecified atom stereocenters. The zero-order chi connectivity index (χ0) is 15.9. The number of benzene rings is 1. The van der Waals surface area contributed by atoms with E-state index in [1.54, 1.807) is 11.8 Å². The minimum atomic E-state index is -3.66. The van der Waals surface area contributed by atoms with Crippen molar-refractivity contribution >= 4 is 27.5 Å². The van der Waals surface area contributed by atoms with Crippen LogP contribution in [0.1, 0.15) is 12.0 Å². The van der Waals surface area contributed by atoms with Gasteiger partial charge in [0.2, 0.25) is 10.0 Å². The van der Waals surface area contributed by atoms with E-state index < -0.39 is 14.9 Å². The highest BCUT2D eigenvalue weighted by Crippen LogP contribution is 2.20. The van der Waals surface area contributed by atoms with Crippen LogP contribution in [0.2, 0.25) is 0 Å². The Balaban J connectivity index is 2.64. The van der Waals surface area contributed by atoms with E-state index in [9.17, 15) is 18.5 Å². The zero-order valence-electron chi connectivity index (χ0n) is 11.6. The molecule has 1 rings (SSSR count). The van der Waals surface area contributed by atoms with E-state index in [1.807, 2.05) is 0 Å². The Bertz CT molecular complexity index is 589. The Labute approximate surface area is 128 Å². The van der Waals surface area contributed by atoms with Gasteiger partial charge < -0.3 is 5.11 Å². The monoisotopic (exact) mass is 334 g/mol. The average molecular weight is 334 g/mol. The van der Waals surface area contributed by atoms with E-state index in [0.717, 1.165) is 5.75 Å². The number of hydrogen-bond donors (Lipinski definition) is 2. The van der Waals surface area contributed by atoms with Crippen LogP contribution in [-0.4, -0.2) is 43.1 Å². The molecule has 0 saturated heterocycles. The number of aliphatic hydroxyl groups excluding tert-OH is 1. The molecule has 0 aliphatic carbocycles. The molecule has 2 N–H and O–H groups in total. The second kappa shape index (κ2) is 8.32. The molecule has 0 fully saturated rings. The lowest BCUT2D eigenvalue weighted by Gasteiger charge is -2.09. The van der Waals surface area contributed by atoms with Crippen molar-refractivity contribution in [3.05, 3.63) is 33.9 Å². The number of rotatable bonds is 9. The number of nitro groups is 1. The third kappa shape index (κ3) is 5.62. The van der Waals surface area contributed by atoms with Crippen LogP contribution in [0.25, 0.3) is 0 Å². The van der Waals surface area contributed by atoms with E-state index in [1.165, 1.54) is 25.1 Å². The average Bonchev–Trinajstić information content (AvgIpc) is 2.42. The molecule has 0 aliphatic heterocycles. The highest BCUT2D eigenvalue weighted by molar-refractivity contribution is 7.99. The van der Waals surface area contributed by atoms with Gasteiger partial charge >= 0.3 is 0 Å². The fourth-order valence-electron chi connectivity index (χ4n) is 1.64. The lowest BCUT2D eigenvalue weighted by atomic mass is 10.2. The molecule has 0 bridgehead atoms. The number of nitrogens with zero attached hydrogens (tertiary/aromatic N) is 1. The van der Waals surface area contributed by atoms with E-state index in [0.29, 0.717) is 17.7 Å². The summed E-state index contributed by atoms with van der Waals surface area (Å²) < 4.78 is 26.6. The largest absolute Gasteiger partial charge is 0.396 e. The summed E-state index contributed by atoms with van der Waals surface area (Å²) in [5, 5.41) is 19.3. The highest BCUT2D eigenvalue weighted by atomic mass is 32.2. The minimum absolute atomic E-state index is 0.0495. The van der Waals surface area contributed by atoms with Crippen molar-refractivity contribution < 1.29 is 18.4 Å². The van der Waals surface area contributed by atoms with Gasteiger partial charge in [-0.3, -0.25) is 10.1 Å². The van der Waals surface area contributed by atoms with Crippen molar-refractivity contribution in [1.82, 2.24) is 4.72 Å². The van der Waals surface area contributed by atoms with Crippen LogP contribution in [0, 0.1) is 17.0 Å². The summed E-state index contributed by atoms with van der Waals surface area (Å²) >= 11 is 1.55. The fourth-order valence-corrected chi connectivity index (χ4v) is 3.81. The van der Waals surface area contributed by atoms with Gasteiger partial charge in [-0.1, -0.05) is 0 Å². The number of sulfonamides is 1. The predicted octanol–water partition coefficient (Wildman–Crippen LogP) is 1.30. The van der Waals surface area contributed by atoms with Gasteiger partial charge in [0.05, 0.1) is 9.82 Å². The first-order valence-corrected chi connectivity index (χ1v) is 8.95. The molecular formula is C12H18N2O5S2. The predicted molar refractivity (Wildman–Crippen MR) is 82.0 cm³/mol. The molecule has 0 heterocycles. The highest BCUT2D eigenvalue weighted by Gasteiger charge is 2.18. The minimum Gasteiger partial charge on any atom is -0.396 e.